The van der Waals surface area contributed by atoms with Crippen molar-refractivity contribution in [2.75, 3.05) is 0 Å². The molecule has 1 aromatic heterocycles. The van der Waals surface area contributed by atoms with Crippen molar-refractivity contribution >= 4 is 11.0 Å². The maximum atomic E-state index is 6.38. The standard InChI is InChI=1S/C18H19NO/c1-11-4-7-14(8-5-11)17(19)18-13(3)15-9-6-12(2)10-16(15)20-18/h4-10,17H,19H2,1-3H3. The van der Waals surface area contributed by atoms with E-state index in [0.29, 0.717) is 0 Å². The first-order chi connectivity index (χ1) is 9.56. The largest absolute Gasteiger partial charge is 0.459 e. The van der Waals surface area contributed by atoms with Crippen molar-refractivity contribution in [1.29, 1.82) is 0 Å². The molecule has 2 N–H and O–H groups in total. The zero-order valence-electron chi connectivity index (χ0n) is 12.1. The molecule has 20 heavy (non-hydrogen) atoms. The van der Waals surface area contributed by atoms with Crippen LogP contribution < -0.4 is 5.73 Å². The number of hydrogen-bond acceptors (Lipinski definition) is 2. The summed E-state index contributed by atoms with van der Waals surface area (Å²) >= 11 is 0. The van der Waals surface area contributed by atoms with Crippen molar-refractivity contribution < 1.29 is 4.42 Å². The molecule has 102 valence electrons. The number of furan rings is 1. The van der Waals surface area contributed by atoms with Gasteiger partial charge in [-0.05, 0) is 38.0 Å². The molecule has 2 aromatic carbocycles. The summed E-state index contributed by atoms with van der Waals surface area (Å²) < 4.78 is 6.00. The molecule has 0 amide bonds. The monoisotopic (exact) mass is 265 g/mol. The summed E-state index contributed by atoms with van der Waals surface area (Å²) in [6.45, 7) is 6.21. The Kier molecular flexibility index (Phi) is 3.11. The van der Waals surface area contributed by atoms with E-state index in [2.05, 4.69) is 63.2 Å². The van der Waals surface area contributed by atoms with Gasteiger partial charge in [-0.3, -0.25) is 0 Å². The number of aryl methyl sites for hydroxylation is 3. The highest BCUT2D eigenvalue weighted by atomic mass is 16.3. The lowest BCUT2D eigenvalue weighted by molar-refractivity contribution is 0.521. The van der Waals surface area contributed by atoms with Crippen LogP contribution in [-0.4, -0.2) is 0 Å². The number of rotatable bonds is 2. The predicted octanol–water partition coefficient (Wildman–Crippen LogP) is 4.41. The minimum atomic E-state index is -0.219. The van der Waals surface area contributed by atoms with Gasteiger partial charge in [-0.15, -0.1) is 0 Å². The molecule has 1 unspecified atom stereocenters. The van der Waals surface area contributed by atoms with E-state index in [1.165, 1.54) is 11.1 Å². The van der Waals surface area contributed by atoms with Crippen LogP contribution in [0.15, 0.2) is 46.9 Å². The molecule has 0 saturated heterocycles. The molecule has 0 spiro atoms. The summed E-state index contributed by atoms with van der Waals surface area (Å²) in [5.74, 6) is 0.856. The Balaban J connectivity index is 2.09. The quantitative estimate of drug-likeness (QED) is 0.745. The zero-order chi connectivity index (χ0) is 14.3. The minimum absolute atomic E-state index is 0.219. The van der Waals surface area contributed by atoms with Crippen LogP contribution in [0, 0.1) is 20.8 Å². The number of fused-ring (bicyclic) bond motifs is 1. The van der Waals surface area contributed by atoms with Gasteiger partial charge in [0, 0.05) is 10.9 Å². The molecular weight excluding hydrogens is 246 g/mol. The van der Waals surface area contributed by atoms with Crippen molar-refractivity contribution in [3.8, 4) is 0 Å². The van der Waals surface area contributed by atoms with Crippen LogP contribution in [0.1, 0.15) is 34.1 Å². The van der Waals surface area contributed by atoms with Crippen molar-refractivity contribution in [1.82, 2.24) is 0 Å². The van der Waals surface area contributed by atoms with Gasteiger partial charge in [0.05, 0.1) is 6.04 Å². The van der Waals surface area contributed by atoms with E-state index in [-0.39, 0.29) is 6.04 Å². The minimum Gasteiger partial charge on any atom is -0.459 e. The molecule has 0 aliphatic carbocycles. The highest BCUT2D eigenvalue weighted by molar-refractivity contribution is 5.83. The van der Waals surface area contributed by atoms with E-state index in [9.17, 15) is 0 Å². The first-order valence-electron chi connectivity index (χ1n) is 6.88. The van der Waals surface area contributed by atoms with Crippen LogP contribution in [0.3, 0.4) is 0 Å². The van der Waals surface area contributed by atoms with Crippen LogP contribution in [0.2, 0.25) is 0 Å². The summed E-state index contributed by atoms with van der Waals surface area (Å²) in [7, 11) is 0. The van der Waals surface area contributed by atoms with Gasteiger partial charge >= 0.3 is 0 Å². The molecule has 2 heteroatoms. The molecule has 2 nitrogen and oxygen atoms in total. The van der Waals surface area contributed by atoms with Gasteiger partial charge in [-0.2, -0.15) is 0 Å². The van der Waals surface area contributed by atoms with E-state index >= 15 is 0 Å². The summed E-state index contributed by atoms with van der Waals surface area (Å²) in [6.07, 6.45) is 0. The average Bonchev–Trinajstić information content (AvgIpc) is 2.75. The maximum absolute atomic E-state index is 6.38. The van der Waals surface area contributed by atoms with Crippen molar-refractivity contribution in [3.63, 3.8) is 0 Å². The van der Waals surface area contributed by atoms with Gasteiger partial charge in [0.15, 0.2) is 0 Å². The zero-order valence-corrected chi connectivity index (χ0v) is 12.1. The highest BCUT2D eigenvalue weighted by Crippen LogP contribution is 2.32. The van der Waals surface area contributed by atoms with Gasteiger partial charge in [0.25, 0.3) is 0 Å². The highest BCUT2D eigenvalue weighted by Gasteiger charge is 2.18. The Hall–Kier alpha value is -2.06. The first-order valence-corrected chi connectivity index (χ1v) is 6.88. The lowest BCUT2D eigenvalue weighted by Crippen LogP contribution is -2.11. The van der Waals surface area contributed by atoms with Gasteiger partial charge in [0.2, 0.25) is 0 Å². The topological polar surface area (TPSA) is 39.2 Å². The van der Waals surface area contributed by atoms with Gasteiger partial charge in [0.1, 0.15) is 11.3 Å². The fourth-order valence-corrected chi connectivity index (χ4v) is 2.57. The SMILES string of the molecule is Cc1ccc(C(N)c2oc3cc(C)ccc3c2C)cc1. The molecule has 3 aromatic rings. The third-order valence-corrected chi connectivity index (χ3v) is 3.85. The molecular formula is C18H19NO. The molecule has 3 rings (SSSR count). The third-order valence-electron chi connectivity index (χ3n) is 3.85. The number of nitrogens with two attached hydrogens (primary N) is 1. The summed E-state index contributed by atoms with van der Waals surface area (Å²) in [5.41, 5.74) is 11.9. The lowest BCUT2D eigenvalue weighted by Gasteiger charge is -2.10. The maximum Gasteiger partial charge on any atom is 0.134 e. The molecule has 1 atom stereocenters. The second-order valence-electron chi connectivity index (χ2n) is 5.48. The summed E-state index contributed by atoms with van der Waals surface area (Å²) in [4.78, 5) is 0. The fraction of sp³-hybridized carbons (Fsp3) is 0.222. The molecule has 0 fully saturated rings. The Morgan fingerprint density at radius 2 is 1.55 bits per heavy atom. The Morgan fingerprint density at radius 1 is 0.900 bits per heavy atom. The van der Waals surface area contributed by atoms with E-state index in [0.717, 1.165) is 27.9 Å². The second kappa shape index (κ2) is 4.80. The normalized spacial score (nSPS) is 12.8. The molecule has 1 heterocycles. The Bertz CT molecular complexity index is 753. The summed E-state index contributed by atoms with van der Waals surface area (Å²) in [5, 5.41) is 1.15. The van der Waals surface area contributed by atoms with E-state index in [1.807, 2.05) is 0 Å². The fourth-order valence-electron chi connectivity index (χ4n) is 2.57. The summed E-state index contributed by atoms with van der Waals surface area (Å²) in [6, 6.07) is 14.3. The Morgan fingerprint density at radius 3 is 2.25 bits per heavy atom. The smallest absolute Gasteiger partial charge is 0.134 e. The average molecular weight is 265 g/mol. The molecule has 0 radical (unpaired) electrons. The predicted molar refractivity (Wildman–Crippen MR) is 82.9 cm³/mol. The van der Waals surface area contributed by atoms with Crippen molar-refractivity contribution in [2.45, 2.75) is 26.8 Å². The molecule has 0 bridgehead atoms. The molecule has 0 aliphatic rings. The van der Waals surface area contributed by atoms with Crippen molar-refractivity contribution in [3.05, 3.63) is 70.5 Å². The van der Waals surface area contributed by atoms with Crippen LogP contribution in [-0.2, 0) is 0 Å². The molecule has 0 aliphatic heterocycles. The second-order valence-corrected chi connectivity index (χ2v) is 5.48. The van der Waals surface area contributed by atoms with Crippen LogP contribution in [0.5, 0.6) is 0 Å². The Labute approximate surface area is 119 Å². The lowest BCUT2D eigenvalue weighted by atomic mass is 10.0. The van der Waals surface area contributed by atoms with Gasteiger partial charge < -0.3 is 10.2 Å². The van der Waals surface area contributed by atoms with E-state index < -0.39 is 0 Å². The van der Waals surface area contributed by atoms with Gasteiger partial charge in [-0.25, -0.2) is 0 Å². The third kappa shape index (κ3) is 2.12. The molecule has 0 saturated carbocycles. The first kappa shape index (κ1) is 12.9. The number of hydrogen-bond donors (Lipinski definition) is 1. The van der Waals surface area contributed by atoms with Gasteiger partial charge in [-0.1, -0.05) is 42.0 Å². The van der Waals surface area contributed by atoms with Crippen LogP contribution in [0.4, 0.5) is 0 Å². The van der Waals surface area contributed by atoms with Crippen LogP contribution in [0.25, 0.3) is 11.0 Å². The van der Waals surface area contributed by atoms with E-state index in [4.69, 9.17) is 10.2 Å². The van der Waals surface area contributed by atoms with E-state index in [1.54, 1.807) is 0 Å². The number of benzene rings is 2. The van der Waals surface area contributed by atoms with Crippen LogP contribution >= 0.6 is 0 Å². The van der Waals surface area contributed by atoms with Crippen molar-refractivity contribution in [2.24, 2.45) is 5.73 Å².